The van der Waals surface area contributed by atoms with Crippen molar-refractivity contribution in [2.45, 2.75) is 0 Å². The molecule has 0 fully saturated rings. The van der Waals surface area contributed by atoms with Crippen LogP contribution in [0, 0.1) is 0 Å². The third-order valence-corrected chi connectivity index (χ3v) is 10.6. The number of aromatic nitrogens is 2. The number of hydrogen-bond donors (Lipinski definition) is 0. The quantitative estimate of drug-likeness (QED) is 0.171. The fraction of sp³-hybridized carbons (Fsp3) is 0. The van der Waals surface area contributed by atoms with E-state index in [2.05, 4.69) is 167 Å². The van der Waals surface area contributed by atoms with Gasteiger partial charge in [-0.1, -0.05) is 121 Å². The van der Waals surface area contributed by atoms with Gasteiger partial charge in [0.25, 0.3) is 0 Å². The van der Waals surface area contributed by atoms with Crippen LogP contribution in [0.15, 0.2) is 182 Å². The standard InChI is InChI=1S/C48H30N2/c1-2-12-33(13-3-1)49-45-20-10-8-18-40(45)43-28-31(22-26-47(43)49)32-23-27-48-44(29-32)41-19-9-11-21-46(41)50(48)34-24-25-39-37-16-5-4-14-35(37)36-15-6-7-17-38(36)42(39)30-34/h1-30H/i8D. The molecule has 50 heavy (non-hydrogen) atoms. The minimum absolute atomic E-state index is 0.518. The lowest BCUT2D eigenvalue weighted by Gasteiger charge is -2.14. The lowest BCUT2D eigenvalue weighted by atomic mass is 9.94. The number of para-hydroxylation sites is 3. The van der Waals surface area contributed by atoms with Crippen molar-refractivity contribution in [1.29, 1.82) is 0 Å². The van der Waals surface area contributed by atoms with E-state index in [9.17, 15) is 0 Å². The molecular weight excluding hydrogens is 605 g/mol. The van der Waals surface area contributed by atoms with E-state index < -0.39 is 0 Å². The molecule has 2 heterocycles. The van der Waals surface area contributed by atoms with Crippen molar-refractivity contribution in [1.82, 2.24) is 9.13 Å². The Morgan fingerprint density at radius 2 is 0.740 bits per heavy atom. The van der Waals surface area contributed by atoms with Crippen LogP contribution in [0.4, 0.5) is 0 Å². The first-order valence-corrected chi connectivity index (χ1v) is 17.2. The summed E-state index contributed by atoms with van der Waals surface area (Å²) in [4.78, 5) is 0. The molecule has 0 saturated carbocycles. The molecule has 0 saturated heterocycles. The van der Waals surface area contributed by atoms with Crippen molar-refractivity contribution >= 4 is 75.9 Å². The molecule has 232 valence electrons. The zero-order chi connectivity index (χ0) is 33.6. The maximum Gasteiger partial charge on any atom is 0.0623 e. The Bertz CT molecular complexity index is 3170. The van der Waals surface area contributed by atoms with Crippen molar-refractivity contribution < 1.29 is 1.37 Å². The van der Waals surface area contributed by atoms with Gasteiger partial charge in [0.2, 0.25) is 0 Å². The average Bonchev–Trinajstić information content (AvgIpc) is 3.70. The normalized spacial score (nSPS) is 12.3. The molecule has 0 amide bonds. The number of nitrogens with zero attached hydrogens (tertiary/aromatic N) is 2. The lowest BCUT2D eigenvalue weighted by molar-refractivity contribution is 1.18. The summed E-state index contributed by atoms with van der Waals surface area (Å²) in [7, 11) is 0. The highest BCUT2D eigenvalue weighted by atomic mass is 15.0. The van der Waals surface area contributed by atoms with Crippen molar-refractivity contribution in [3.8, 4) is 22.5 Å². The number of benzene rings is 9. The van der Waals surface area contributed by atoms with Crippen LogP contribution in [0.3, 0.4) is 0 Å². The van der Waals surface area contributed by atoms with Gasteiger partial charge in [0.05, 0.1) is 23.4 Å². The number of fused-ring (bicyclic) bond motifs is 12. The maximum absolute atomic E-state index is 8.43. The van der Waals surface area contributed by atoms with Gasteiger partial charge >= 0.3 is 0 Å². The Balaban J connectivity index is 1.12. The van der Waals surface area contributed by atoms with Gasteiger partial charge in [0.15, 0.2) is 0 Å². The topological polar surface area (TPSA) is 9.86 Å². The van der Waals surface area contributed by atoms with Crippen LogP contribution < -0.4 is 0 Å². The van der Waals surface area contributed by atoms with Gasteiger partial charge in [0, 0.05) is 32.9 Å². The van der Waals surface area contributed by atoms with Crippen molar-refractivity contribution in [2.24, 2.45) is 0 Å². The molecule has 11 rings (SSSR count). The average molecular weight is 636 g/mol. The Hall–Kier alpha value is -6.64. The van der Waals surface area contributed by atoms with Crippen molar-refractivity contribution in [2.75, 3.05) is 0 Å². The van der Waals surface area contributed by atoms with E-state index in [1.54, 1.807) is 0 Å². The summed E-state index contributed by atoms with van der Waals surface area (Å²) in [5.74, 6) is 0. The van der Waals surface area contributed by atoms with Crippen LogP contribution in [0.25, 0.3) is 98.4 Å². The van der Waals surface area contributed by atoms with Gasteiger partial charge in [0.1, 0.15) is 0 Å². The van der Waals surface area contributed by atoms with Crippen LogP contribution in [0.1, 0.15) is 1.37 Å². The number of hydrogen-bond acceptors (Lipinski definition) is 0. The SMILES string of the molecule is [2H]c1ccc2c(c1)c1cc(-c3ccc4c(c3)c3ccccc3n4-c3ccc4c5ccccc5c5ccccc5c4c3)ccc1n2-c1ccccc1. The van der Waals surface area contributed by atoms with Gasteiger partial charge in [-0.25, -0.2) is 0 Å². The Kier molecular flexibility index (Phi) is 5.49. The van der Waals surface area contributed by atoms with Crippen LogP contribution in [0.5, 0.6) is 0 Å². The van der Waals surface area contributed by atoms with Crippen LogP contribution in [-0.2, 0) is 0 Å². The predicted molar refractivity (Wildman–Crippen MR) is 213 cm³/mol. The summed E-state index contributed by atoms with van der Waals surface area (Å²) in [6, 6.07) is 63.9. The zero-order valence-electron chi connectivity index (χ0n) is 28.1. The highest BCUT2D eigenvalue weighted by molar-refractivity contribution is 6.25. The van der Waals surface area contributed by atoms with E-state index in [1.165, 1.54) is 59.7 Å². The summed E-state index contributed by atoms with van der Waals surface area (Å²) < 4.78 is 13.2. The molecule has 2 aromatic heterocycles. The summed E-state index contributed by atoms with van der Waals surface area (Å²) >= 11 is 0. The fourth-order valence-corrected chi connectivity index (χ4v) is 8.41. The van der Waals surface area contributed by atoms with Crippen molar-refractivity contribution in [3.63, 3.8) is 0 Å². The van der Waals surface area contributed by atoms with E-state index in [0.29, 0.717) is 6.04 Å². The van der Waals surface area contributed by atoms with Gasteiger partial charge in [-0.15, -0.1) is 0 Å². The minimum Gasteiger partial charge on any atom is -0.309 e. The zero-order valence-corrected chi connectivity index (χ0v) is 27.1. The third-order valence-electron chi connectivity index (χ3n) is 10.6. The first-order chi connectivity index (χ1) is 25.2. The molecule has 2 heteroatoms. The van der Waals surface area contributed by atoms with Crippen molar-refractivity contribution in [3.05, 3.63) is 182 Å². The second-order valence-corrected chi connectivity index (χ2v) is 13.3. The molecule has 9 aromatic carbocycles. The summed E-state index contributed by atoms with van der Waals surface area (Å²) in [5.41, 5.74) is 9.23. The molecule has 0 aliphatic heterocycles. The molecular formula is C48H30N2. The molecule has 2 nitrogen and oxygen atoms in total. The molecule has 0 radical (unpaired) electrons. The molecule has 0 aliphatic rings. The largest absolute Gasteiger partial charge is 0.309 e. The predicted octanol–water partition coefficient (Wildman–Crippen LogP) is 13.0. The first-order valence-electron chi connectivity index (χ1n) is 17.7. The van der Waals surface area contributed by atoms with Gasteiger partial charge < -0.3 is 9.13 Å². The van der Waals surface area contributed by atoms with Gasteiger partial charge in [-0.2, -0.15) is 0 Å². The molecule has 0 spiro atoms. The first kappa shape index (κ1) is 26.3. The maximum atomic E-state index is 8.43. The van der Waals surface area contributed by atoms with Crippen LogP contribution >= 0.6 is 0 Å². The summed E-state index contributed by atoms with van der Waals surface area (Å²) in [5, 5.41) is 12.4. The van der Waals surface area contributed by atoms with Crippen LogP contribution in [-0.4, -0.2) is 9.13 Å². The van der Waals surface area contributed by atoms with E-state index in [-0.39, 0.29) is 0 Å². The van der Waals surface area contributed by atoms with Crippen LogP contribution in [0.2, 0.25) is 0 Å². The fourth-order valence-electron chi connectivity index (χ4n) is 8.41. The van der Waals surface area contributed by atoms with Gasteiger partial charge in [-0.05, 0) is 104 Å². The molecule has 0 unspecified atom stereocenters. The smallest absolute Gasteiger partial charge is 0.0623 e. The minimum atomic E-state index is 0.518. The van der Waals surface area contributed by atoms with E-state index >= 15 is 0 Å². The highest BCUT2D eigenvalue weighted by Gasteiger charge is 2.17. The monoisotopic (exact) mass is 635 g/mol. The van der Waals surface area contributed by atoms with E-state index in [0.717, 1.165) is 38.7 Å². The molecule has 11 aromatic rings. The molecule has 0 atom stereocenters. The lowest BCUT2D eigenvalue weighted by Crippen LogP contribution is -1.94. The summed E-state index contributed by atoms with van der Waals surface area (Å²) in [6.07, 6.45) is 0. The molecule has 0 aliphatic carbocycles. The van der Waals surface area contributed by atoms with E-state index in [4.69, 9.17) is 1.37 Å². The highest BCUT2D eigenvalue weighted by Crippen LogP contribution is 2.40. The Morgan fingerprint density at radius 3 is 1.38 bits per heavy atom. The Morgan fingerprint density at radius 1 is 0.280 bits per heavy atom. The van der Waals surface area contributed by atoms with E-state index in [1.807, 2.05) is 18.2 Å². The number of rotatable bonds is 3. The second kappa shape index (κ2) is 10.4. The summed E-state index contributed by atoms with van der Waals surface area (Å²) in [6.45, 7) is 0. The second-order valence-electron chi connectivity index (χ2n) is 13.3. The molecule has 0 N–H and O–H groups in total. The van der Waals surface area contributed by atoms with Gasteiger partial charge in [-0.3, -0.25) is 0 Å². The third kappa shape index (κ3) is 3.85. The molecule has 0 bridgehead atoms. The Labute approximate surface area is 290 Å².